The molecule has 0 spiro atoms. The molecule has 8 aromatic carbocycles. The standard InChI is InChI=1S/C77H75F6N5O/c1-71(2,3)50-29-33-63(57(41-50)45-23-18-16-19-24-45)87-65-28-22-27-56(66(65)86-69(87)59-43-53(74(10,11)12)44-60(67(59)89)75(13,14)15)47-35-49(39-52(36-47)73(7,8)9)68-85-62-32-31-61(48-37-54(76(78,79)80)40-55(38-48)77(81,82)83)84-70(62)88(68)64-34-30-51(72(4,5)6)42-58(64)46-25-20-17-21-26-46/h16-44,89H,1-15H3. The Morgan fingerprint density at radius 3 is 1.33 bits per heavy atom. The molecule has 12 heteroatoms. The Morgan fingerprint density at radius 1 is 0.337 bits per heavy atom. The number of rotatable bonds is 8. The number of phenolic OH excluding ortho intramolecular Hbond substituents is 1. The van der Waals surface area contributed by atoms with Crippen LogP contribution in [0, 0.1) is 0 Å². The van der Waals surface area contributed by atoms with Gasteiger partial charge >= 0.3 is 12.4 Å². The minimum Gasteiger partial charge on any atom is -0.507 e. The third-order valence-corrected chi connectivity index (χ3v) is 16.8. The molecule has 0 radical (unpaired) electrons. The van der Waals surface area contributed by atoms with E-state index in [-0.39, 0.29) is 45.0 Å². The van der Waals surface area contributed by atoms with Crippen LogP contribution < -0.4 is 0 Å². The van der Waals surface area contributed by atoms with Gasteiger partial charge in [0.15, 0.2) is 5.65 Å². The summed E-state index contributed by atoms with van der Waals surface area (Å²) in [4.78, 5) is 16.1. The van der Waals surface area contributed by atoms with Gasteiger partial charge in [-0.2, -0.15) is 26.3 Å². The second-order valence-electron chi connectivity index (χ2n) is 28.7. The SMILES string of the molecule is CC(C)(C)c1cc(-c2cccc3c2nc(-c2cc(C(C)(C)C)cc(C(C)(C)C)c2O)n3-c2ccc(C(C)(C)C)cc2-c2ccccc2)cc(-c2nc3ccc(-c4cc(C(F)(F)F)cc(C(F)(F)F)c4)nc3n2-c2ccc(C(C)(C)C)cc2-c2ccccc2)c1. The van der Waals surface area contributed by atoms with Crippen molar-refractivity contribution in [2.24, 2.45) is 0 Å². The quantitative estimate of drug-likeness (QED) is 0.154. The van der Waals surface area contributed by atoms with E-state index in [4.69, 9.17) is 15.0 Å². The molecular formula is C77H75F6N5O. The zero-order valence-electron chi connectivity index (χ0n) is 53.2. The number of aromatic hydroxyl groups is 1. The molecule has 0 saturated carbocycles. The molecule has 0 unspecified atom stereocenters. The minimum atomic E-state index is -5.08. The first-order valence-corrected chi connectivity index (χ1v) is 30.1. The maximum Gasteiger partial charge on any atom is 0.416 e. The molecule has 89 heavy (non-hydrogen) atoms. The molecular weight excluding hydrogens is 1120 g/mol. The van der Waals surface area contributed by atoms with Crippen LogP contribution in [0.4, 0.5) is 26.3 Å². The smallest absolute Gasteiger partial charge is 0.416 e. The number of pyridine rings is 1. The van der Waals surface area contributed by atoms with Crippen molar-refractivity contribution in [1.82, 2.24) is 24.1 Å². The van der Waals surface area contributed by atoms with Crippen molar-refractivity contribution in [3.05, 3.63) is 215 Å². The first-order valence-electron chi connectivity index (χ1n) is 30.1. The molecule has 0 amide bonds. The lowest BCUT2D eigenvalue weighted by molar-refractivity contribution is -0.143. The van der Waals surface area contributed by atoms with Gasteiger partial charge in [-0.15, -0.1) is 0 Å². The summed E-state index contributed by atoms with van der Waals surface area (Å²) in [6.07, 6.45) is -10.2. The van der Waals surface area contributed by atoms with Crippen molar-refractivity contribution < 1.29 is 31.4 Å². The van der Waals surface area contributed by atoms with Gasteiger partial charge in [0.1, 0.15) is 22.9 Å². The predicted octanol–water partition coefficient (Wildman–Crippen LogP) is 22.0. The van der Waals surface area contributed by atoms with Crippen molar-refractivity contribution in [2.45, 2.75) is 143 Å². The fraction of sp³-hybridized carbons (Fsp3) is 0.286. The van der Waals surface area contributed by atoms with E-state index in [0.29, 0.717) is 51.6 Å². The molecule has 456 valence electrons. The zero-order valence-corrected chi connectivity index (χ0v) is 53.2. The number of para-hydroxylation sites is 1. The van der Waals surface area contributed by atoms with Crippen LogP contribution in [-0.2, 0) is 39.4 Å². The number of phenols is 1. The van der Waals surface area contributed by atoms with Gasteiger partial charge in [0, 0.05) is 33.4 Å². The number of halogens is 6. The van der Waals surface area contributed by atoms with Gasteiger partial charge in [0.05, 0.1) is 44.8 Å². The van der Waals surface area contributed by atoms with Gasteiger partial charge in [-0.3, -0.25) is 9.13 Å². The van der Waals surface area contributed by atoms with Gasteiger partial charge in [0.2, 0.25) is 0 Å². The summed E-state index contributed by atoms with van der Waals surface area (Å²) in [5.41, 5.74) is 9.94. The molecule has 1 N–H and O–H groups in total. The normalized spacial score (nSPS) is 13.0. The molecule has 3 heterocycles. The number of benzene rings is 8. The number of nitrogens with zero attached hydrogens (tertiary/aromatic N) is 5. The van der Waals surface area contributed by atoms with E-state index in [1.165, 1.54) is 6.07 Å². The average Bonchev–Trinajstić information content (AvgIpc) is 1.64. The van der Waals surface area contributed by atoms with Gasteiger partial charge < -0.3 is 5.11 Å². The Morgan fingerprint density at radius 2 is 0.820 bits per heavy atom. The highest BCUT2D eigenvalue weighted by Gasteiger charge is 2.38. The van der Waals surface area contributed by atoms with Gasteiger partial charge in [-0.05, 0) is 145 Å². The number of alkyl halides is 6. The summed E-state index contributed by atoms with van der Waals surface area (Å²) in [7, 11) is 0. The molecule has 0 bridgehead atoms. The van der Waals surface area contributed by atoms with E-state index in [9.17, 15) is 31.4 Å². The Kier molecular flexibility index (Phi) is 15.1. The Bertz CT molecular complexity index is 4500. The van der Waals surface area contributed by atoms with Gasteiger partial charge in [-0.1, -0.05) is 201 Å². The second kappa shape index (κ2) is 21.8. The van der Waals surface area contributed by atoms with Crippen LogP contribution in [0.3, 0.4) is 0 Å². The molecule has 3 aromatic heterocycles. The van der Waals surface area contributed by atoms with Crippen LogP contribution in [-0.4, -0.2) is 29.2 Å². The third kappa shape index (κ3) is 12.0. The van der Waals surface area contributed by atoms with Crippen molar-refractivity contribution in [2.75, 3.05) is 0 Å². The topological polar surface area (TPSA) is 68.8 Å². The van der Waals surface area contributed by atoms with Crippen LogP contribution in [0.2, 0.25) is 0 Å². The summed E-state index contributed by atoms with van der Waals surface area (Å²) in [6.45, 7) is 32.2. The van der Waals surface area contributed by atoms with Crippen LogP contribution >= 0.6 is 0 Å². The van der Waals surface area contributed by atoms with Crippen molar-refractivity contribution >= 4 is 22.2 Å². The number of hydrogen-bond donors (Lipinski definition) is 1. The lowest BCUT2D eigenvalue weighted by Crippen LogP contribution is -2.17. The summed E-state index contributed by atoms with van der Waals surface area (Å²) < 4.78 is 90.9. The minimum absolute atomic E-state index is 0.103. The van der Waals surface area contributed by atoms with Crippen LogP contribution in [0.5, 0.6) is 5.75 Å². The number of aromatic nitrogens is 5. The van der Waals surface area contributed by atoms with Crippen LogP contribution in [0.15, 0.2) is 176 Å². The summed E-state index contributed by atoms with van der Waals surface area (Å²) in [5.74, 6) is 1.12. The van der Waals surface area contributed by atoms with E-state index >= 15 is 0 Å². The molecule has 0 fully saturated rings. The maximum atomic E-state index is 14.5. The van der Waals surface area contributed by atoms with E-state index in [1.807, 2.05) is 71.3 Å². The zero-order chi connectivity index (χ0) is 64.3. The summed E-state index contributed by atoms with van der Waals surface area (Å²) in [6, 6.07) is 54.1. The predicted molar refractivity (Wildman–Crippen MR) is 351 cm³/mol. The summed E-state index contributed by atoms with van der Waals surface area (Å²) >= 11 is 0. The van der Waals surface area contributed by atoms with Crippen LogP contribution in [0.25, 0.3) is 101 Å². The number of hydrogen-bond acceptors (Lipinski definition) is 4. The van der Waals surface area contributed by atoms with E-state index < -0.39 is 34.3 Å². The molecule has 0 atom stereocenters. The lowest BCUT2D eigenvalue weighted by Gasteiger charge is -2.28. The largest absolute Gasteiger partial charge is 0.507 e. The first kappa shape index (κ1) is 61.9. The van der Waals surface area contributed by atoms with E-state index in [2.05, 4.69) is 187 Å². The molecule has 0 aliphatic carbocycles. The number of fused-ring (bicyclic) bond motifs is 2. The van der Waals surface area contributed by atoms with Gasteiger partial charge in [-0.25, -0.2) is 15.0 Å². The van der Waals surface area contributed by atoms with Gasteiger partial charge in [0.25, 0.3) is 0 Å². The average molecular weight is 1200 g/mol. The summed E-state index contributed by atoms with van der Waals surface area (Å²) in [5, 5.41) is 12.8. The molecule has 0 aliphatic heterocycles. The van der Waals surface area contributed by atoms with E-state index in [1.54, 1.807) is 6.07 Å². The fourth-order valence-corrected chi connectivity index (χ4v) is 11.6. The second-order valence-corrected chi connectivity index (χ2v) is 28.7. The highest BCUT2D eigenvalue weighted by molar-refractivity contribution is 5.98. The monoisotopic (exact) mass is 1200 g/mol. The van der Waals surface area contributed by atoms with Crippen LogP contribution in [0.1, 0.15) is 143 Å². The van der Waals surface area contributed by atoms with Crippen molar-refractivity contribution in [3.63, 3.8) is 0 Å². The Labute approximate surface area is 518 Å². The first-order chi connectivity index (χ1) is 41.4. The Hall–Kier alpha value is -8.77. The fourth-order valence-electron chi connectivity index (χ4n) is 11.6. The van der Waals surface area contributed by atoms with Crippen molar-refractivity contribution in [1.29, 1.82) is 0 Å². The van der Waals surface area contributed by atoms with E-state index in [0.717, 1.165) is 72.4 Å². The number of imidazole rings is 2. The lowest BCUT2D eigenvalue weighted by atomic mass is 9.79. The molecule has 11 rings (SSSR count). The molecule has 11 aromatic rings. The highest BCUT2D eigenvalue weighted by atomic mass is 19.4. The molecule has 6 nitrogen and oxygen atoms in total. The van der Waals surface area contributed by atoms with Crippen molar-refractivity contribution in [3.8, 4) is 84.5 Å². The maximum absolute atomic E-state index is 14.5. The molecule has 0 saturated heterocycles. The highest BCUT2D eigenvalue weighted by Crippen LogP contribution is 2.48. The Balaban J connectivity index is 1.24. The third-order valence-electron chi connectivity index (χ3n) is 16.8. The molecule has 0 aliphatic rings.